The van der Waals surface area contributed by atoms with E-state index in [4.69, 9.17) is 27.9 Å². The van der Waals surface area contributed by atoms with Crippen LogP contribution in [0.1, 0.15) is 18.4 Å². The van der Waals surface area contributed by atoms with Gasteiger partial charge in [0.15, 0.2) is 44.5 Å². The predicted molar refractivity (Wildman–Crippen MR) is 144 cm³/mol. The smallest absolute Gasteiger partial charge is 0.258 e. The molecular weight excluding hydrogens is 638 g/mol. The molecule has 0 aromatic heterocycles. The average molecular weight is 657 g/mol. The van der Waals surface area contributed by atoms with Crippen molar-refractivity contribution < 1.29 is 51.0 Å². The van der Waals surface area contributed by atoms with Crippen LogP contribution < -0.4 is 15.0 Å². The topological polar surface area (TPSA) is 113 Å². The molecule has 6 unspecified atom stereocenters. The highest BCUT2D eigenvalue weighted by Crippen LogP contribution is 2.63. The number of halogens is 7. The summed E-state index contributed by atoms with van der Waals surface area (Å²) in [7, 11) is 1.30. The number of hydrogen-bond acceptors (Lipinski definition) is 6. The fourth-order valence-corrected chi connectivity index (χ4v) is 7.62. The van der Waals surface area contributed by atoms with E-state index >= 15 is 0 Å². The standard InChI is InChI=1S/C29H19Cl2F5N2O6/c1-44-16-8-10(3-7-15(16)39)2-6-14-11-4-5-12-17(25(41)37-24(12)40)13(11)9-28(30)26(42)38(27(43)29(14,28)31)23-21(35)19(33)18(32)20(34)22(23)36/h2-4,6-8,12-14,17,39H,5,9H2,1H3,(H,37,40,41). The molecule has 2 saturated heterocycles. The average Bonchev–Trinajstić information content (AvgIpc) is 3.37. The molecule has 230 valence electrons. The molecule has 4 aliphatic rings. The molecule has 0 radical (unpaired) electrons. The first-order valence-corrected chi connectivity index (χ1v) is 13.8. The third kappa shape index (κ3) is 3.81. The van der Waals surface area contributed by atoms with Gasteiger partial charge in [0, 0.05) is 5.92 Å². The van der Waals surface area contributed by atoms with Gasteiger partial charge in [0.25, 0.3) is 11.8 Å². The number of methoxy groups -OCH3 is 1. The Morgan fingerprint density at radius 2 is 1.59 bits per heavy atom. The van der Waals surface area contributed by atoms with E-state index in [0.717, 1.165) is 0 Å². The van der Waals surface area contributed by atoms with Crippen LogP contribution in [-0.4, -0.2) is 45.6 Å². The number of carbonyl (C=O) groups is 4. The number of phenolic OH excluding ortho intramolecular Hbond substituents is 1. The molecular formula is C29H19Cl2F5N2O6. The summed E-state index contributed by atoms with van der Waals surface area (Å²) < 4.78 is 77.3. The molecule has 4 amide bonds. The molecule has 2 N–H and O–H groups in total. The lowest BCUT2D eigenvalue weighted by molar-refractivity contribution is -0.127. The summed E-state index contributed by atoms with van der Waals surface area (Å²) in [6.45, 7) is 0. The number of amides is 4. The number of imide groups is 2. The van der Waals surface area contributed by atoms with Crippen molar-refractivity contribution in [1.82, 2.24) is 5.32 Å². The molecule has 2 heterocycles. The number of nitrogens with one attached hydrogen (secondary N) is 1. The monoisotopic (exact) mass is 656 g/mol. The number of allylic oxidation sites excluding steroid dienone is 3. The maximum Gasteiger partial charge on any atom is 0.258 e. The van der Waals surface area contributed by atoms with E-state index in [-0.39, 0.29) is 22.8 Å². The maximum atomic E-state index is 15.0. The molecule has 6 rings (SSSR count). The van der Waals surface area contributed by atoms with Gasteiger partial charge in [0.1, 0.15) is 5.69 Å². The van der Waals surface area contributed by atoms with E-state index in [9.17, 15) is 46.2 Å². The van der Waals surface area contributed by atoms with Gasteiger partial charge >= 0.3 is 0 Å². The fraction of sp³-hybridized carbons (Fsp3) is 0.310. The Morgan fingerprint density at radius 1 is 0.955 bits per heavy atom. The lowest BCUT2D eigenvalue weighted by atomic mass is 9.57. The Balaban J connectivity index is 1.55. The predicted octanol–water partition coefficient (Wildman–Crippen LogP) is 4.49. The third-order valence-electron chi connectivity index (χ3n) is 8.81. The summed E-state index contributed by atoms with van der Waals surface area (Å²) in [6.07, 6.45) is 3.78. The first kappa shape index (κ1) is 30.1. The van der Waals surface area contributed by atoms with E-state index in [1.807, 2.05) is 0 Å². The summed E-state index contributed by atoms with van der Waals surface area (Å²) in [4.78, 5) is 47.9. The molecule has 8 nitrogen and oxygen atoms in total. The molecule has 3 fully saturated rings. The van der Waals surface area contributed by atoms with E-state index in [0.29, 0.717) is 11.1 Å². The highest BCUT2D eigenvalue weighted by atomic mass is 35.5. The molecule has 0 bridgehead atoms. The van der Waals surface area contributed by atoms with Gasteiger partial charge in [-0.15, -0.1) is 23.2 Å². The van der Waals surface area contributed by atoms with Crippen molar-refractivity contribution in [2.45, 2.75) is 22.6 Å². The largest absolute Gasteiger partial charge is 0.504 e. The van der Waals surface area contributed by atoms with E-state index in [2.05, 4.69) is 5.32 Å². The second-order valence-corrected chi connectivity index (χ2v) is 12.1. The fourth-order valence-electron chi connectivity index (χ4n) is 6.73. The van der Waals surface area contributed by atoms with Crippen LogP contribution in [0.25, 0.3) is 6.08 Å². The van der Waals surface area contributed by atoms with Gasteiger partial charge in [0.2, 0.25) is 17.6 Å². The van der Waals surface area contributed by atoms with Crippen molar-refractivity contribution in [2.75, 3.05) is 12.0 Å². The number of alkyl halides is 2. The van der Waals surface area contributed by atoms with Crippen molar-refractivity contribution in [3.05, 3.63) is 70.6 Å². The van der Waals surface area contributed by atoms with Gasteiger partial charge < -0.3 is 9.84 Å². The Kier molecular flexibility index (Phi) is 6.85. The Morgan fingerprint density at radius 3 is 2.23 bits per heavy atom. The zero-order valence-corrected chi connectivity index (χ0v) is 23.8. The number of hydrogen-bond donors (Lipinski definition) is 2. The first-order valence-electron chi connectivity index (χ1n) is 13.1. The molecule has 2 aromatic rings. The quantitative estimate of drug-likeness (QED) is 0.125. The summed E-state index contributed by atoms with van der Waals surface area (Å²) >= 11 is 13.9. The Hall–Kier alpha value is -3.97. The lowest BCUT2D eigenvalue weighted by Gasteiger charge is -2.49. The second kappa shape index (κ2) is 10.0. The van der Waals surface area contributed by atoms with E-state index < -0.39 is 98.2 Å². The molecule has 2 aliphatic heterocycles. The van der Waals surface area contributed by atoms with Crippen LogP contribution in [0.2, 0.25) is 0 Å². The minimum Gasteiger partial charge on any atom is -0.504 e. The summed E-state index contributed by atoms with van der Waals surface area (Å²) in [5.74, 6) is -21.0. The van der Waals surface area contributed by atoms with Crippen molar-refractivity contribution in [1.29, 1.82) is 0 Å². The number of ether oxygens (including phenoxy) is 1. The Bertz CT molecular complexity index is 1740. The number of rotatable bonds is 4. The zero-order chi connectivity index (χ0) is 32.0. The van der Waals surface area contributed by atoms with E-state index in [1.54, 1.807) is 6.08 Å². The first-order chi connectivity index (χ1) is 20.7. The van der Waals surface area contributed by atoms with Gasteiger partial charge in [-0.05, 0) is 36.5 Å². The SMILES string of the molecule is COc1cc(C=CC2C3=CCC4C(=O)NC(=O)C4C3CC3(Cl)C(=O)N(c4c(F)c(F)c(F)c(F)c4F)C(=O)C23Cl)ccc1O. The molecule has 15 heteroatoms. The summed E-state index contributed by atoms with van der Waals surface area (Å²) in [6, 6.07) is 4.18. The normalized spacial score (nSPS) is 31.2. The van der Waals surface area contributed by atoms with Crippen molar-refractivity contribution >= 4 is 58.6 Å². The second-order valence-electron chi connectivity index (χ2n) is 10.9. The van der Waals surface area contributed by atoms with Gasteiger partial charge in [-0.25, -0.2) is 26.9 Å². The molecule has 44 heavy (non-hydrogen) atoms. The van der Waals surface area contributed by atoms with Crippen LogP contribution in [0.5, 0.6) is 11.5 Å². The van der Waals surface area contributed by atoms with Crippen LogP contribution in [0.15, 0.2) is 35.9 Å². The van der Waals surface area contributed by atoms with Gasteiger partial charge in [-0.2, -0.15) is 0 Å². The van der Waals surface area contributed by atoms with Crippen molar-refractivity contribution in [3.8, 4) is 11.5 Å². The number of nitrogens with zero attached hydrogens (tertiary/aromatic N) is 1. The maximum absolute atomic E-state index is 15.0. The van der Waals surface area contributed by atoms with Gasteiger partial charge in [-0.1, -0.05) is 29.9 Å². The number of fused-ring (bicyclic) bond motifs is 4. The molecule has 2 aromatic carbocycles. The number of aromatic hydroxyl groups is 1. The molecule has 2 aliphatic carbocycles. The van der Waals surface area contributed by atoms with Crippen LogP contribution >= 0.6 is 23.2 Å². The summed E-state index contributed by atoms with van der Waals surface area (Å²) in [5.41, 5.74) is -1.15. The highest BCUT2D eigenvalue weighted by molar-refractivity contribution is 6.58. The number of anilines is 1. The van der Waals surface area contributed by atoms with Crippen LogP contribution in [-0.2, 0) is 19.2 Å². The zero-order valence-electron chi connectivity index (χ0n) is 22.3. The van der Waals surface area contributed by atoms with Crippen molar-refractivity contribution in [3.63, 3.8) is 0 Å². The molecule has 0 spiro atoms. The van der Waals surface area contributed by atoms with Crippen molar-refractivity contribution in [2.24, 2.45) is 23.7 Å². The molecule has 6 atom stereocenters. The minimum absolute atomic E-state index is 0.0389. The van der Waals surface area contributed by atoms with Crippen LogP contribution in [0.3, 0.4) is 0 Å². The Labute approximate surface area is 255 Å². The third-order valence-corrected chi connectivity index (χ3v) is 10.2. The van der Waals surface area contributed by atoms with Crippen LogP contribution in [0, 0.1) is 52.8 Å². The molecule has 1 saturated carbocycles. The number of carbonyl (C=O) groups excluding carboxylic acids is 4. The lowest BCUT2D eigenvalue weighted by Crippen LogP contribution is -2.60. The minimum atomic E-state index is -2.60. The summed E-state index contributed by atoms with van der Waals surface area (Å²) in [5, 5.41) is 12.2. The number of phenols is 1. The van der Waals surface area contributed by atoms with Gasteiger partial charge in [0.05, 0.1) is 18.9 Å². The van der Waals surface area contributed by atoms with E-state index in [1.165, 1.54) is 37.5 Å². The van der Waals surface area contributed by atoms with Crippen LogP contribution in [0.4, 0.5) is 27.6 Å². The van der Waals surface area contributed by atoms with Gasteiger partial charge in [-0.3, -0.25) is 24.5 Å². The number of benzene rings is 2. The highest BCUT2D eigenvalue weighted by Gasteiger charge is 2.76.